The molecule has 0 fully saturated rings. The highest BCUT2D eigenvalue weighted by Crippen LogP contribution is 2.19. The van der Waals surface area contributed by atoms with Gasteiger partial charge in [-0.05, 0) is 42.8 Å². The van der Waals surface area contributed by atoms with Crippen LogP contribution in [0, 0.1) is 6.92 Å². The number of hydrogen-bond donors (Lipinski definition) is 1. The van der Waals surface area contributed by atoms with Crippen LogP contribution in [0.1, 0.15) is 11.3 Å². The number of benzene rings is 1. The Morgan fingerprint density at radius 2 is 2.08 bits per heavy atom. The van der Waals surface area contributed by atoms with E-state index in [-0.39, 0.29) is 6.61 Å². The van der Waals surface area contributed by atoms with Gasteiger partial charge in [0.25, 0.3) is 0 Å². The number of aromatic nitrogens is 2. The second-order valence-corrected chi connectivity index (χ2v) is 5.22. The van der Waals surface area contributed by atoms with Crippen molar-refractivity contribution in [1.82, 2.24) is 9.97 Å². The summed E-state index contributed by atoms with van der Waals surface area (Å²) in [7, 11) is 1.59. The Kier molecular flexibility index (Phi) is 4.56. The van der Waals surface area contributed by atoms with Crippen molar-refractivity contribution in [2.24, 2.45) is 0 Å². The molecule has 0 radical (unpaired) electrons. The van der Waals surface area contributed by atoms with Crippen molar-refractivity contribution in [2.75, 3.05) is 12.4 Å². The first kappa shape index (κ1) is 15.7. The van der Waals surface area contributed by atoms with E-state index >= 15 is 0 Å². The Hall–Kier alpha value is -3.15. The van der Waals surface area contributed by atoms with Crippen LogP contribution >= 0.6 is 0 Å². The lowest BCUT2D eigenvalue weighted by Crippen LogP contribution is -2.14. The number of nitrogens with one attached hydrogen (secondary N) is 1. The lowest BCUT2D eigenvalue weighted by atomic mass is 10.2. The number of aryl methyl sites for hydroxylation is 1. The fraction of sp³-hybridized carbons (Fsp3) is 0.167. The van der Waals surface area contributed by atoms with Gasteiger partial charge in [0.15, 0.2) is 5.65 Å². The lowest BCUT2D eigenvalue weighted by molar-refractivity contribution is 0.155. The van der Waals surface area contributed by atoms with Gasteiger partial charge in [0.05, 0.1) is 18.5 Å². The molecule has 0 aliphatic carbocycles. The largest absolute Gasteiger partial charge is 0.497 e. The normalized spacial score (nSPS) is 10.4. The van der Waals surface area contributed by atoms with Gasteiger partial charge in [0.2, 0.25) is 0 Å². The van der Waals surface area contributed by atoms with Crippen LogP contribution in [0.3, 0.4) is 0 Å². The molecule has 0 bridgehead atoms. The van der Waals surface area contributed by atoms with Crippen LogP contribution in [-0.2, 0) is 11.3 Å². The Morgan fingerprint density at radius 1 is 1.21 bits per heavy atom. The van der Waals surface area contributed by atoms with Crippen molar-refractivity contribution in [3.8, 4) is 5.75 Å². The van der Waals surface area contributed by atoms with Gasteiger partial charge in [-0.15, -0.1) is 0 Å². The molecule has 2 aromatic heterocycles. The van der Waals surface area contributed by atoms with Gasteiger partial charge < -0.3 is 9.47 Å². The first-order valence-electron chi connectivity index (χ1n) is 7.45. The average Bonchev–Trinajstić information content (AvgIpc) is 2.61. The number of hydrogen-bond acceptors (Lipinski definition) is 5. The highest BCUT2D eigenvalue weighted by Gasteiger charge is 2.09. The van der Waals surface area contributed by atoms with Gasteiger partial charge in [0, 0.05) is 11.6 Å². The van der Waals surface area contributed by atoms with Gasteiger partial charge in [-0.1, -0.05) is 12.1 Å². The second kappa shape index (κ2) is 6.95. The predicted molar refractivity (Wildman–Crippen MR) is 91.1 cm³/mol. The average molecular weight is 323 g/mol. The van der Waals surface area contributed by atoms with E-state index in [2.05, 4.69) is 15.3 Å². The van der Waals surface area contributed by atoms with Gasteiger partial charge in [0.1, 0.15) is 12.4 Å². The number of anilines is 1. The molecule has 24 heavy (non-hydrogen) atoms. The number of nitrogens with zero attached hydrogens (tertiary/aromatic N) is 2. The maximum absolute atomic E-state index is 12.0. The van der Waals surface area contributed by atoms with Crippen molar-refractivity contribution < 1.29 is 14.3 Å². The summed E-state index contributed by atoms with van der Waals surface area (Å²) in [6, 6.07) is 12.9. The third-order valence-electron chi connectivity index (χ3n) is 3.52. The van der Waals surface area contributed by atoms with Crippen molar-refractivity contribution in [1.29, 1.82) is 0 Å². The molecule has 2 heterocycles. The van der Waals surface area contributed by atoms with Gasteiger partial charge in [-0.3, -0.25) is 5.32 Å². The van der Waals surface area contributed by atoms with E-state index < -0.39 is 6.09 Å². The highest BCUT2D eigenvalue weighted by molar-refractivity contribution is 5.89. The molecule has 1 N–H and O–H groups in total. The summed E-state index contributed by atoms with van der Waals surface area (Å²) in [6.07, 6.45) is 1.15. The van der Waals surface area contributed by atoms with Crippen LogP contribution in [0.4, 0.5) is 10.5 Å². The molecule has 0 aliphatic rings. The van der Waals surface area contributed by atoms with Crippen LogP contribution < -0.4 is 10.1 Å². The Labute approximate surface area is 139 Å². The summed E-state index contributed by atoms with van der Waals surface area (Å²) in [5.74, 6) is 0.721. The zero-order valence-corrected chi connectivity index (χ0v) is 13.4. The molecule has 0 unspecified atom stereocenters. The third kappa shape index (κ3) is 3.60. The molecule has 6 heteroatoms. The maximum atomic E-state index is 12.0. The minimum atomic E-state index is -0.536. The summed E-state index contributed by atoms with van der Waals surface area (Å²) >= 11 is 0. The molecule has 122 valence electrons. The van der Waals surface area contributed by atoms with Gasteiger partial charge >= 0.3 is 6.09 Å². The van der Waals surface area contributed by atoms with E-state index in [9.17, 15) is 4.79 Å². The topological polar surface area (TPSA) is 73.3 Å². The molecular formula is C18H17N3O3. The molecule has 3 aromatic rings. The first-order chi connectivity index (χ1) is 11.7. The molecule has 0 spiro atoms. The van der Waals surface area contributed by atoms with Crippen LogP contribution in [-0.4, -0.2) is 23.2 Å². The maximum Gasteiger partial charge on any atom is 0.412 e. The van der Waals surface area contributed by atoms with Crippen LogP contribution in [0.15, 0.2) is 48.7 Å². The minimum Gasteiger partial charge on any atom is -0.497 e. The number of carbonyl (C=O) groups is 1. The van der Waals surface area contributed by atoms with Crippen molar-refractivity contribution in [3.63, 3.8) is 0 Å². The fourth-order valence-electron chi connectivity index (χ4n) is 2.28. The molecule has 0 aliphatic heterocycles. The Balaban J connectivity index is 1.67. The van der Waals surface area contributed by atoms with E-state index in [1.165, 1.54) is 0 Å². The van der Waals surface area contributed by atoms with E-state index in [1.54, 1.807) is 13.3 Å². The summed E-state index contributed by atoms with van der Waals surface area (Å²) in [5, 5.41) is 3.57. The van der Waals surface area contributed by atoms with E-state index in [0.717, 1.165) is 16.7 Å². The third-order valence-corrected chi connectivity index (χ3v) is 3.52. The summed E-state index contributed by atoms with van der Waals surface area (Å²) < 4.78 is 10.4. The number of ether oxygens (including phenoxy) is 2. The SMILES string of the molecule is COc1cccc(COC(=O)Nc2cc3cccnc3nc2C)c1. The zero-order valence-electron chi connectivity index (χ0n) is 13.4. The number of fused-ring (bicyclic) bond motifs is 1. The standard InChI is InChI=1S/C18H17N3O3/c1-12-16(10-14-6-4-8-19-17(14)20-12)21-18(22)24-11-13-5-3-7-15(9-13)23-2/h3-10H,11H2,1-2H3,(H,21,22). The van der Waals surface area contributed by atoms with Crippen LogP contribution in [0.5, 0.6) is 5.75 Å². The van der Waals surface area contributed by atoms with E-state index in [4.69, 9.17) is 9.47 Å². The molecule has 0 saturated heterocycles. The zero-order chi connectivity index (χ0) is 16.9. The highest BCUT2D eigenvalue weighted by atomic mass is 16.5. The van der Waals surface area contributed by atoms with E-state index in [1.807, 2.05) is 49.4 Å². The lowest BCUT2D eigenvalue weighted by Gasteiger charge is -2.10. The summed E-state index contributed by atoms with van der Waals surface area (Å²) in [6.45, 7) is 1.97. The molecule has 0 atom stereocenters. The van der Waals surface area contributed by atoms with Gasteiger partial charge in [-0.2, -0.15) is 0 Å². The quantitative estimate of drug-likeness (QED) is 0.792. The molecular weight excluding hydrogens is 306 g/mol. The van der Waals surface area contributed by atoms with Crippen molar-refractivity contribution in [2.45, 2.75) is 13.5 Å². The molecule has 6 nitrogen and oxygen atoms in total. The predicted octanol–water partition coefficient (Wildman–Crippen LogP) is 3.70. The molecule has 1 aromatic carbocycles. The minimum absolute atomic E-state index is 0.157. The monoisotopic (exact) mass is 323 g/mol. The fourth-order valence-corrected chi connectivity index (χ4v) is 2.28. The molecule has 0 saturated carbocycles. The molecule has 1 amide bonds. The van der Waals surface area contributed by atoms with Crippen LogP contribution in [0.25, 0.3) is 11.0 Å². The second-order valence-electron chi connectivity index (χ2n) is 5.22. The Morgan fingerprint density at radius 3 is 2.92 bits per heavy atom. The first-order valence-corrected chi connectivity index (χ1v) is 7.45. The van der Waals surface area contributed by atoms with E-state index in [0.29, 0.717) is 17.0 Å². The smallest absolute Gasteiger partial charge is 0.412 e. The number of rotatable bonds is 4. The summed E-state index contributed by atoms with van der Waals surface area (Å²) in [5.41, 5.74) is 2.78. The number of methoxy groups -OCH3 is 1. The Bertz CT molecular complexity index is 880. The summed E-state index contributed by atoms with van der Waals surface area (Å²) in [4.78, 5) is 20.6. The number of carbonyl (C=O) groups excluding carboxylic acids is 1. The van der Waals surface area contributed by atoms with Gasteiger partial charge in [-0.25, -0.2) is 14.8 Å². The number of amides is 1. The molecule has 3 rings (SSSR count). The van der Waals surface area contributed by atoms with Crippen molar-refractivity contribution in [3.05, 3.63) is 59.9 Å². The van der Waals surface area contributed by atoms with Crippen molar-refractivity contribution >= 4 is 22.8 Å². The number of pyridine rings is 2. The van der Waals surface area contributed by atoms with Crippen LogP contribution in [0.2, 0.25) is 0 Å².